The molecular formula is C27H30N2O5S. The third-order valence-electron chi connectivity index (χ3n) is 5.50. The van der Waals surface area contributed by atoms with Crippen LogP contribution in [0.3, 0.4) is 0 Å². The van der Waals surface area contributed by atoms with E-state index in [1.54, 1.807) is 14.0 Å². The summed E-state index contributed by atoms with van der Waals surface area (Å²) in [5, 5.41) is 4.83. The number of carbonyl (C=O) groups is 3. The molecule has 8 heteroatoms. The zero-order chi connectivity index (χ0) is 25.2. The Labute approximate surface area is 209 Å². The third-order valence-corrected chi connectivity index (χ3v) is 6.38. The van der Waals surface area contributed by atoms with Gasteiger partial charge >= 0.3 is 5.97 Å². The second-order valence-electron chi connectivity index (χ2n) is 7.91. The molecule has 1 N–H and O–H groups in total. The highest BCUT2D eigenvalue weighted by atomic mass is 32.1. The van der Waals surface area contributed by atoms with Gasteiger partial charge in [-0.2, -0.15) is 0 Å². The zero-order valence-corrected chi connectivity index (χ0v) is 21.0. The Morgan fingerprint density at radius 1 is 1.03 bits per heavy atom. The molecule has 7 nitrogen and oxygen atoms in total. The number of benzene rings is 2. The zero-order valence-electron chi connectivity index (χ0n) is 20.2. The van der Waals surface area contributed by atoms with Crippen molar-refractivity contribution < 1.29 is 23.9 Å². The van der Waals surface area contributed by atoms with E-state index in [0.717, 1.165) is 21.8 Å². The smallest absolute Gasteiger partial charge is 0.325 e. The minimum Gasteiger partial charge on any atom is -0.497 e. The van der Waals surface area contributed by atoms with Crippen LogP contribution >= 0.6 is 11.3 Å². The fourth-order valence-electron chi connectivity index (χ4n) is 3.71. The first-order chi connectivity index (χ1) is 16.9. The van der Waals surface area contributed by atoms with Gasteiger partial charge in [-0.3, -0.25) is 14.4 Å². The topological polar surface area (TPSA) is 84.9 Å². The molecule has 0 fully saturated rings. The SMILES string of the molecule is CCOC(=O)CN(C(=O)Cc1cccs1)[C@H](C(=O)NCc1ccc(OC)cc1)c1ccccc1C. The summed E-state index contributed by atoms with van der Waals surface area (Å²) in [4.78, 5) is 41.7. The normalized spacial score (nSPS) is 11.4. The van der Waals surface area contributed by atoms with Crippen LogP contribution in [0.5, 0.6) is 5.75 Å². The Balaban J connectivity index is 1.92. The number of hydrogen-bond acceptors (Lipinski definition) is 6. The second kappa shape index (κ2) is 12.7. The molecule has 0 bridgehead atoms. The van der Waals surface area contributed by atoms with Gasteiger partial charge in [-0.15, -0.1) is 11.3 Å². The molecule has 1 heterocycles. The lowest BCUT2D eigenvalue weighted by molar-refractivity contribution is -0.152. The first-order valence-corrected chi connectivity index (χ1v) is 12.2. The highest BCUT2D eigenvalue weighted by molar-refractivity contribution is 7.10. The molecule has 0 radical (unpaired) electrons. The standard InChI is InChI=1S/C27H30N2O5S/c1-4-34-25(31)18-29(24(30)16-22-9-7-15-35-22)26(23-10-6-5-8-19(23)2)27(32)28-17-20-11-13-21(33-3)14-12-20/h5-15,26H,4,16-18H2,1-3H3,(H,28,32)/t26-/m0/s1. The van der Waals surface area contributed by atoms with E-state index < -0.39 is 12.0 Å². The van der Waals surface area contributed by atoms with E-state index in [4.69, 9.17) is 9.47 Å². The van der Waals surface area contributed by atoms with Gasteiger partial charge in [-0.05, 0) is 54.1 Å². The van der Waals surface area contributed by atoms with E-state index in [2.05, 4.69) is 5.32 Å². The average molecular weight is 495 g/mol. The van der Waals surface area contributed by atoms with Gasteiger partial charge in [-0.25, -0.2) is 0 Å². The number of nitrogens with one attached hydrogen (secondary N) is 1. The fraction of sp³-hybridized carbons (Fsp3) is 0.296. The van der Waals surface area contributed by atoms with Crippen molar-refractivity contribution in [1.82, 2.24) is 10.2 Å². The van der Waals surface area contributed by atoms with Gasteiger partial charge in [0.2, 0.25) is 11.8 Å². The van der Waals surface area contributed by atoms with Gasteiger partial charge < -0.3 is 19.7 Å². The number of ether oxygens (including phenoxy) is 2. The predicted octanol–water partition coefficient (Wildman–Crippen LogP) is 4.06. The number of thiophene rings is 1. The van der Waals surface area contributed by atoms with Crippen molar-refractivity contribution in [1.29, 1.82) is 0 Å². The number of esters is 1. The van der Waals surface area contributed by atoms with Gasteiger partial charge in [-0.1, -0.05) is 42.5 Å². The molecular weight excluding hydrogens is 464 g/mol. The molecule has 184 valence electrons. The van der Waals surface area contributed by atoms with Crippen molar-refractivity contribution in [3.8, 4) is 5.75 Å². The Bertz CT molecular complexity index is 1130. The summed E-state index contributed by atoms with van der Waals surface area (Å²) in [6.45, 7) is 3.70. The number of amides is 2. The van der Waals surface area contributed by atoms with E-state index in [9.17, 15) is 14.4 Å². The van der Waals surface area contributed by atoms with E-state index in [1.807, 2.05) is 73.0 Å². The molecule has 0 saturated carbocycles. The highest BCUT2D eigenvalue weighted by Gasteiger charge is 2.34. The maximum atomic E-state index is 13.6. The molecule has 0 saturated heterocycles. The predicted molar refractivity (Wildman–Crippen MR) is 135 cm³/mol. The molecule has 0 spiro atoms. The van der Waals surface area contributed by atoms with Crippen molar-refractivity contribution in [3.63, 3.8) is 0 Å². The number of aryl methyl sites for hydroxylation is 1. The molecule has 1 atom stereocenters. The molecule has 0 aliphatic rings. The second-order valence-corrected chi connectivity index (χ2v) is 8.94. The Morgan fingerprint density at radius 2 is 1.77 bits per heavy atom. The minimum absolute atomic E-state index is 0.0885. The lowest BCUT2D eigenvalue weighted by Gasteiger charge is -2.31. The highest BCUT2D eigenvalue weighted by Crippen LogP contribution is 2.26. The summed E-state index contributed by atoms with van der Waals surface area (Å²) in [6, 6.07) is 17.5. The van der Waals surface area contributed by atoms with E-state index >= 15 is 0 Å². The molecule has 2 amide bonds. The molecule has 3 rings (SSSR count). The van der Waals surface area contributed by atoms with Crippen molar-refractivity contribution >= 4 is 29.1 Å². The van der Waals surface area contributed by atoms with E-state index in [-0.39, 0.29) is 37.9 Å². The number of nitrogens with zero attached hydrogens (tertiary/aromatic N) is 1. The fourth-order valence-corrected chi connectivity index (χ4v) is 4.40. The van der Waals surface area contributed by atoms with Gasteiger partial charge in [0.25, 0.3) is 0 Å². The first kappa shape index (κ1) is 26.0. The molecule has 2 aromatic carbocycles. The largest absolute Gasteiger partial charge is 0.497 e. The maximum Gasteiger partial charge on any atom is 0.325 e. The van der Waals surface area contributed by atoms with Gasteiger partial charge in [0.1, 0.15) is 18.3 Å². The number of methoxy groups -OCH3 is 1. The van der Waals surface area contributed by atoms with Gasteiger partial charge in [0.15, 0.2) is 0 Å². The molecule has 1 aromatic heterocycles. The number of hydrogen-bond donors (Lipinski definition) is 1. The van der Waals surface area contributed by atoms with E-state index in [0.29, 0.717) is 5.56 Å². The third kappa shape index (κ3) is 7.16. The van der Waals surface area contributed by atoms with Crippen LogP contribution in [0.2, 0.25) is 0 Å². The summed E-state index contributed by atoms with van der Waals surface area (Å²) in [7, 11) is 1.59. The quantitative estimate of drug-likeness (QED) is 0.407. The first-order valence-electron chi connectivity index (χ1n) is 11.4. The van der Waals surface area contributed by atoms with Crippen LogP contribution in [-0.2, 0) is 32.1 Å². The molecule has 0 aliphatic heterocycles. The summed E-state index contributed by atoms with van der Waals surface area (Å²) >= 11 is 1.45. The molecule has 3 aromatic rings. The van der Waals surface area contributed by atoms with Gasteiger partial charge in [0.05, 0.1) is 20.1 Å². The molecule has 0 aliphatic carbocycles. The van der Waals surface area contributed by atoms with Crippen LogP contribution in [0.25, 0.3) is 0 Å². The van der Waals surface area contributed by atoms with Crippen LogP contribution in [-0.4, -0.2) is 42.9 Å². The summed E-state index contributed by atoms with van der Waals surface area (Å²) in [5.41, 5.74) is 2.38. The summed E-state index contributed by atoms with van der Waals surface area (Å²) in [6.07, 6.45) is 0.0885. The van der Waals surface area contributed by atoms with Crippen LogP contribution in [0.1, 0.15) is 34.5 Å². The lowest BCUT2D eigenvalue weighted by atomic mass is 9.98. The minimum atomic E-state index is -0.994. The lowest BCUT2D eigenvalue weighted by Crippen LogP contribution is -2.46. The average Bonchev–Trinajstić information content (AvgIpc) is 3.37. The van der Waals surface area contributed by atoms with Crippen molar-refractivity contribution in [2.24, 2.45) is 0 Å². The Hall–Kier alpha value is -3.65. The van der Waals surface area contributed by atoms with Gasteiger partial charge in [0, 0.05) is 11.4 Å². The van der Waals surface area contributed by atoms with Crippen molar-refractivity contribution in [3.05, 3.63) is 87.6 Å². The maximum absolute atomic E-state index is 13.6. The van der Waals surface area contributed by atoms with Crippen molar-refractivity contribution in [2.75, 3.05) is 20.3 Å². The summed E-state index contributed by atoms with van der Waals surface area (Å²) in [5.74, 6) is -0.543. The van der Waals surface area contributed by atoms with Crippen LogP contribution in [0.15, 0.2) is 66.0 Å². The van der Waals surface area contributed by atoms with Crippen LogP contribution in [0, 0.1) is 6.92 Å². The summed E-state index contributed by atoms with van der Waals surface area (Å²) < 4.78 is 10.3. The van der Waals surface area contributed by atoms with Crippen LogP contribution in [0.4, 0.5) is 0 Å². The van der Waals surface area contributed by atoms with E-state index in [1.165, 1.54) is 16.2 Å². The van der Waals surface area contributed by atoms with Crippen molar-refractivity contribution in [2.45, 2.75) is 32.9 Å². The molecule has 35 heavy (non-hydrogen) atoms. The Morgan fingerprint density at radius 3 is 2.40 bits per heavy atom. The molecule has 0 unspecified atom stereocenters. The monoisotopic (exact) mass is 494 g/mol. The Kier molecular flexibility index (Phi) is 9.43. The van der Waals surface area contributed by atoms with Crippen LogP contribution < -0.4 is 10.1 Å². The number of carbonyl (C=O) groups excluding carboxylic acids is 3. The number of rotatable bonds is 11.